The standard InChI is InChI=1S/C30H34Cl2F3N3O2/c1-36(28(39)22-6-9-27(32)26(14-22)30(33,34)35)16-23-17-38(18-25(23)20-4-7-24(31)8-5-20)29(40)21-10-12-37(13-11-21)15-19-2-3-19/h4-9,14,19,21,23,25H,2-3,10-13,15-18H2,1H3/t23-,25+/m1/s1. The van der Waals surface area contributed by atoms with Crippen LogP contribution >= 0.6 is 23.2 Å². The second-order valence-corrected chi connectivity index (χ2v) is 12.4. The molecule has 10 heteroatoms. The molecule has 3 fully saturated rings. The first kappa shape index (κ1) is 29.2. The van der Waals surface area contributed by atoms with E-state index in [1.807, 2.05) is 29.2 Å². The normalized spacial score (nSPS) is 22.5. The van der Waals surface area contributed by atoms with Gasteiger partial charge in [0.2, 0.25) is 5.91 Å². The van der Waals surface area contributed by atoms with E-state index in [9.17, 15) is 22.8 Å². The number of rotatable bonds is 7. The van der Waals surface area contributed by atoms with E-state index in [-0.39, 0.29) is 29.2 Å². The number of hydrogen-bond donors (Lipinski definition) is 0. The van der Waals surface area contributed by atoms with Crippen LogP contribution < -0.4 is 0 Å². The maximum Gasteiger partial charge on any atom is 0.417 e. The third kappa shape index (κ3) is 6.77. The molecule has 2 amide bonds. The molecule has 2 aromatic carbocycles. The van der Waals surface area contributed by atoms with Gasteiger partial charge in [0.15, 0.2) is 0 Å². The molecule has 216 valence electrons. The average Bonchev–Trinajstić information content (AvgIpc) is 3.65. The molecule has 0 bridgehead atoms. The molecule has 1 saturated carbocycles. The number of alkyl halides is 3. The van der Waals surface area contributed by atoms with Crippen molar-refractivity contribution in [2.75, 3.05) is 46.3 Å². The molecule has 40 heavy (non-hydrogen) atoms. The van der Waals surface area contributed by atoms with Crippen molar-refractivity contribution < 1.29 is 22.8 Å². The number of piperidine rings is 1. The lowest BCUT2D eigenvalue weighted by Crippen LogP contribution is -2.42. The van der Waals surface area contributed by atoms with Gasteiger partial charge in [0.25, 0.3) is 5.91 Å². The average molecular weight is 597 g/mol. The Morgan fingerprint density at radius 3 is 2.27 bits per heavy atom. The molecule has 2 aromatic rings. The van der Waals surface area contributed by atoms with E-state index in [2.05, 4.69) is 4.90 Å². The van der Waals surface area contributed by atoms with Crippen LogP contribution in [-0.2, 0) is 11.0 Å². The quantitative estimate of drug-likeness (QED) is 0.369. The minimum Gasteiger partial charge on any atom is -0.341 e. The number of hydrogen-bond acceptors (Lipinski definition) is 3. The van der Waals surface area contributed by atoms with Crippen LogP contribution in [0.3, 0.4) is 0 Å². The van der Waals surface area contributed by atoms with Crippen LogP contribution in [0.4, 0.5) is 13.2 Å². The highest BCUT2D eigenvalue weighted by Crippen LogP contribution is 2.38. The van der Waals surface area contributed by atoms with Crippen molar-refractivity contribution in [1.82, 2.24) is 14.7 Å². The van der Waals surface area contributed by atoms with Gasteiger partial charge in [-0.05, 0) is 80.6 Å². The van der Waals surface area contributed by atoms with Gasteiger partial charge in [-0.1, -0.05) is 35.3 Å². The SMILES string of the molecule is CN(C[C@@H]1CN(C(=O)C2CCN(CC3CC3)CC2)C[C@H]1c1ccc(Cl)cc1)C(=O)c1ccc(Cl)c(C(F)(F)F)c1. The Bertz CT molecular complexity index is 1230. The van der Waals surface area contributed by atoms with Crippen LogP contribution in [0.2, 0.25) is 10.0 Å². The lowest BCUT2D eigenvalue weighted by Gasteiger charge is -2.33. The Hall–Kier alpha value is -2.29. The molecule has 2 aliphatic heterocycles. The van der Waals surface area contributed by atoms with E-state index in [0.29, 0.717) is 24.7 Å². The third-order valence-electron chi connectivity index (χ3n) is 8.57. The highest BCUT2D eigenvalue weighted by Gasteiger charge is 2.40. The van der Waals surface area contributed by atoms with E-state index in [0.717, 1.165) is 56.1 Å². The van der Waals surface area contributed by atoms with E-state index in [1.54, 1.807) is 7.05 Å². The minimum atomic E-state index is -4.66. The maximum absolute atomic E-state index is 13.6. The van der Waals surface area contributed by atoms with Crippen molar-refractivity contribution in [2.45, 2.75) is 37.8 Å². The summed E-state index contributed by atoms with van der Waals surface area (Å²) in [6.45, 7) is 4.35. The summed E-state index contributed by atoms with van der Waals surface area (Å²) in [5, 5.41) is 0.164. The molecule has 2 heterocycles. The van der Waals surface area contributed by atoms with E-state index < -0.39 is 22.7 Å². The zero-order chi connectivity index (χ0) is 28.6. The van der Waals surface area contributed by atoms with Crippen molar-refractivity contribution >= 4 is 35.0 Å². The lowest BCUT2D eigenvalue weighted by atomic mass is 9.88. The molecule has 3 aliphatic rings. The molecule has 0 spiro atoms. The summed E-state index contributed by atoms with van der Waals surface area (Å²) < 4.78 is 40.1. The number of carbonyl (C=O) groups excluding carboxylic acids is 2. The van der Waals surface area contributed by atoms with Gasteiger partial charge in [-0.2, -0.15) is 13.2 Å². The molecule has 2 atom stereocenters. The molecule has 0 unspecified atom stereocenters. The number of nitrogens with zero attached hydrogens (tertiary/aromatic N) is 3. The van der Waals surface area contributed by atoms with Gasteiger partial charge in [-0.15, -0.1) is 0 Å². The van der Waals surface area contributed by atoms with Gasteiger partial charge >= 0.3 is 6.18 Å². The largest absolute Gasteiger partial charge is 0.417 e. The Labute approximate surface area is 243 Å². The number of amides is 2. The molecule has 0 aromatic heterocycles. The van der Waals surface area contributed by atoms with Gasteiger partial charge in [0.05, 0.1) is 10.6 Å². The van der Waals surface area contributed by atoms with Crippen molar-refractivity contribution in [3.8, 4) is 0 Å². The summed E-state index contributed by atoms with van der Waals surface area (Å²) in [5.74, 6) is 0.360. The van der Waals surface area contributed by atoms with Gasteiger partial charge < -0.3 is 14.7 Å². The van der Waals surface area contributed by atoms with Crippen LogP contribution in [0.25, 0.3) is 0 Å². The van der Waals surface area contributed by atoms with Crippen LogP contribution in [-0.4, -0.2) is 72.8 Å². The van der Waals surface area contributed by atoms with Crippen molar-refractivity contribution in [3.63, 3.8) is 0 Å². The minimum absolute atomic E-state index is 0.00529. The Balaban J connectivity index is 1.29. The van der Waals surface area contributed by atoms with Gasteiger partial charge in [-0.25, -0.2) is 0 Å². The second-order valence-electron chi connectivity index (χ2n) is 11.6. The van der Waals surface area contributed by atoms with Crippen molar-refractivity contribution in [2.24, 2.45) is 17.8 Å². The summed E-state index contributed by atoms with van der Waals surface area (Å²) in [4.78, 5) is 32.7. The summed E-state index contributed by atoms with van der Waals surface area (Å²) in [5.41, 5.74) is -0.0879. The molecule has 5 nitrogen and oxygen atoms in total. The molecule has 1 aliphatic carbocycles. The monoisotopic (exact) mass is 595 g/mol. The molecular formula is C30H34Cl2F3N3O2. The van der Waals surface area contributed by atoms with Crippen LogP contribution in [0.5, 0.6) is 0 Å². The zero-order valence-electron chi connectivity index (χ0n) is 22.5. The highest BCUT2D eigenvalue weighted by molar-refractivity contribution is 6.31. The summed E-state index contributed by atoms with van der Waals surface area (Å²) >= 11 is 11.9. The Morgan fingerprint density at radius 1 is 0.975 bits per heavy atom. The molecule has 0 radical (unpaired) electrons. The van der Waals surface area contributed by atoms with Gasteiger partial charge in [0, 0.05) is 61.6 Å². The number of benzene rings is 2. The first-order valence-electron chi connectivity index (χ1n) is 13.9. The third-order valence-corrected chi connectivity index (χ3v) is 9.16. The van der Waals surface area contributed by atoms with E-state index in [1.165, 1.54) is 23.8 Å². The van der Waals surface area contributed by atoms with Crippen LogP contribution in [0.1, 0.15) is 53.1 Å². The predicted molar refractivity (Wildman–Crippen MR) is 150 cm³/mol. The van der Waals surface area contributed by atoms with E-state index in [4.69, 9.17) is 23.2 Å². The lowest BCUT2D eigenvalue weighted by molar-refractivity contribution is -0.137. The number of likely N-dealkylation sites (tertiary alicyclic amines) is 2. The molecular weight excluding hydrogens is 562 g/mol. The summed E-state index contributed by atoms with van der Waals surface area (Å²) in [6, 6.07) is 10.7. The maximum atomic E-state index is 13.6. The van der Waals surface area contributed by atoms with Crippen LogP contribution in [0, 0.1) is 17.8 Å². The van der Waals surface area contributed by atoms with Crippen molar-refractivity contribution in [3.05, 3.63) is 69.2 Å². The topological polar surface area (TPSA) is 43.9 Å². The number of halogens is 5. The molecule has 2 saturated heterocycles. The molecule has 0 N–H and O–H groups in total. The molecule has 5 rings (SSSR count). The fraction of sp³-hybridized carbons (Fsp3) is 0.533. The highest BCUT2D eigenvalue weighted by atomic mass is 35.5. The second kappa shape index (κ2) is 11.9. The fourth-order valence-electron chi connectivity index (χ4n) is 6.14. The predicted octanol–water partition coefficient (Wildman–Crippen LogP) is 6.45. The van der Waals surface area contributed by atoms with Crippen LogP contribution in [0.15, 0.2) is 42.5 Å². The zero-order valence-corrected chi connectivity index (χ0v) is 24.0. The Morgan fingerprint density at radius 2 is 1.65 bits per heavy atom. The first-order valence-corrected chi connectivity index (χ1v) is 14.6. The van der Waals surface area contributed by atoms with E-state index >= 15 is 0 Å². The fourth-order valence-corrected chi connectivity index (χ4v) is 6.49. The number of carbonyl (C=O) groups is 2. The first-order chi connectivity index (χ1) is 19.0. The smallest absolute Gasteiger partial charge is 0.341 e. The summed E-state index contributed by atoms with van der Waals surface area (Å²) in [7, 11) is 1.59. The summed E-state index contributed by atoms with van der Waals surface area (Å²) in [6.07, 6.45) is -0.313. The van der Waals surface area contributed by atoms with Gasteiger partial charge in [0.1, 0.15) is 0 Å². The van der Waals surface area contributed by atoms with Crippen molar-refractivity contribution in [1.29, 1.82) is 0 Å². The Kier molecular flexibility index (Phi) is 8.69. The van der Waals surface area contributed by atoms with Gasteiger partial charge in [-0.3, -0.25) is 9.59 Å².